The molecule has 1 aliphatic carbocycles. The maximum atomic E-state index is 15.6. The number of nitrogen functional groups attached to an aromatic ring is 1. The number of hydrogen-bond donors (Lipinski definition) is 2. The smallest absolute Gasteiger partial charge is 0.411 e. The normalized spacial score (nSPS) is 15.8. The summed E-state index contributed by atoms with van der Waals surface area (Å²) < 4.78 is 49.1. The summed E-state index contributed by atoms with van der Waals surface area (Å²) in [6.45, 7) is 23.2. The molecule has 6 aromatic rings. The Balaban J connectivity index is 0.936. The van der Waals surface area contributed by atoms with Gasteiger partial charge in [0.1, 0.15) is 11.5 Å². The third-order valence-corrected chi connectivity index (χ3v) is 27.8. The van der Waals surface area contributed by atoms with Gasteiger partial charge in [0.2, 0.25) is 0 Å². The maximum Gasteiger partial charge on any atom is 0.411 e. The summed E-state index contributed by atoms with van der Waals surface area (Å²) in [6.07, 6.45) is 5.58. The van der Waals surface area contributed by atoms with Gasteiger partial charge in [-0.05, 0) is 149 Å². The van der Waals surface area contributed by atoms with Crippen LogP contribution in [0.2, 0.25) is 36.3 Å². The van der Waals surface area contributed by atoms with E-state index in [0.29, 0.717) is 68.1 Å². The first-order valence-corrected chi connectivity index (χ1v) is 36.9. The number of hydrogen-bond acceptors (Lipinski definition) is 12. The molecule has 478 valence electrons. The highest BCUT2D eigenvalue weighted by molar-refractivity contribution is 6.74. The third-order valence-electron chi connectivity index (χ3n) is 18.8. The molecular formula is C72H90N4O12Si2. The lowest BCUT2D eigenvalue weighted by molar-refractivity contribution is 0.0731. The molecule has 3 amide bonds. The molecule has 90 heavy (non-hydrogen) atoms. The number of methoxy groups -OCH3 is 4. The highest BCUT2D eigenvalue weighted by atomic mass is 28.4. The van der Waals surface area contributed by atoms with Gasteiger partial charge in [-0.1, -0.05) is 114 Å². The quantitative estimate of drug-likeness (QED) is 0.0314. The van der Waals surface area contributed by atoms with E-state index in [1.165, 1.54) is 19.1 Å². The number of fused-ring (bicyclic) bond motifs is 3. The van der Waals surface area contributed by atoms with Gasteiger partial charge in [0, 0.05) is 42.7 Å². The predicted octanol–water partition coefficient (Wildman–Crippen LogP) is 15.8. The number of amides is 3. The number of ether oxygens (including phenoxy) is 6. The van der Waals surface area contributed by atoms with Crippen LogP contribution in [0.15, 0.2) is 134 Å². The zero-order valence-corrected chi connectivity index (χ0v) is 56.9. The average Bonchev–Trinajstić information content (AvgIpc) is 1.77. The Morgan fingerprint density at radius 3 is 1.40 bits per heavy atom. The van der Waals surface area contributed by atoms with Crippen molar-refractivity contribution in [2.24, 2.45) is 0 Å². The fraction of sp³-hybridized carbons (Fsp3) is 0.403. The van der Waals surface area contributed by atoms with Crippen molar-refractivity contribution in [2.75, 3.05) is 72.0 Å². The first kappa shape index (κ1) is 66.4. The van der Waals surface area contributed by atoms with E-state index < -0.39 is 34.7 Å². The number of carbonyl (C=O) groups is 3. The van der Waals surface area contributed by atoms with Gasteiger partial charge < -0.3 is 57.9 Å². The monoisotopic (exact) mass is 1260 g/mol. The first-order valence-electron chi connectivity index (χ1n) is 31.0. The molecule has 18 heteroatoms. The van der Waals surface area contributed by atoms with Gasteiger partial charge in [-0.25, -0.2) is 4.79 Å². The lowest BCUT2D eigenvalue weighted by atomic mass is 9.95. The minimum atomic E-state index is -2.29. The Bertz CT molecular complexity index is 3580. The highest BCUT2D eigenvalue weighted by Gasteiger charge is 2.43. The van der Waals surface area contributed by atoms with Crippen LogP contribution in [0.5, 0.6) is 34.5 Å². The second-order valence-corrected chi connectivity index (χ2v) is 36.2. The maximum absolute atomic E-state index is 15.6. The Kier molecular flexibility index (Phi) is 20.4. The molecule has 2 heterocycles. The molecule has 0 fully saturated rings. The van der Waals surface area contributed by atoms with E-state index in [2.05, 4.69) is 79.9 Å². The molecule has 6 aromatic carbocycles. The molecular weight excluding hydrogens is 1170 g/mol. The van der Waals surface area contributed by atoms with Crippen molar-refractivity contribution in [1.29, 1.82) is 0 Å². The van der Waals surface area contributed by atoms with E-state index in [-0.39, 0.29) is 76.1 Å². The van der Waals surface area contributed by atoms with E-state index in [1.807, 2.05) is 97.3 Å². The van der Waals surface area contributed by atoms with Gasteiger partial charge in [-0.3, -0.25) is 14.5 Å². The third kappa shape index (κ3) is 14.4. The van der Waals surface area contributed by atoms with E-state index in [0.717, 1.165) is 50.3 Å². The summed E-state index contributed by atoms with van der Waals surface area (Å²) >= 11 is 0. The van der Waals surface area contributed by atoms with E-state index in [4.69, 9.17) is 43.0 Å². The largest absolute Gasteiger partial charge is 0.497 e. The van der Waals surface area contributed by atoms with Crippen LogP contribution in [-0.4, -0.2) is 123 Å². The number of carbonyl (C=O) groups excluding carboxylic acids is 2. The minimum absolute atomic E-state index is 0.0138. The standard InChI is InChI=1S/C72H90N4O12Si2/c1-71(2,3)89(11,12)87-45-51-36-49(47-26-30-53(81-7)31-27-47)42-74(51)68(77)59-38-64(83-9)66(40-62(59)73)85-34-20-15-21-35-86-67-41-63(76(70(79)80)44-61-57-24-18-16-22-55(57)56-23-17-19-25-58(56)61)60(39-65(67)84-10)69(78)75-43-50(48-28-32-54(82-8)33-29-48)37-52(75)46-88-90(13,14)72(4,5)6/h16-19,22-33,38-43,51-52,61H,15,20-21,34-37,44-46,73H2,1-14H3,(H,79,80). The second kappa shape index (κ2) is 27.6. The van der Waals surface area contributed by atoms with Gasteiger partial charge in [-0.2, -0.15) is 0 Å². The Morgan fingerprint density at radius 1 is 0.556 bits per heavy atom. The van der Waals surface area contributed by atoms with Gasteiger partial charge >= 0.3 is 6.09 Å². The summed E-state index contributed by atoms with van der Waals surface area (Å²) in [4.78, 5) is 49.0. The van der Waals surface area contributed by atoms with Gasteiger partial charge in [0.05, 0.1) is 83.8 Å². The zero-order chi connectivity index (χ0) is 64.9. The molecule has 3 aliphatic rings. The van der Waals surface area contributed by atoms with Crippen molar-refractivity contribution in [3.8, 4) is 45.6 Å². The van der Waals surface area contributed by atoms with E-state index in [9.17, 15) is 14.7 Å². The molecule has 3 N–H and O–H groups in total. The van der Waals surface area contributed by atoms with Crippen molar-refractivity contribution in [3.63, 3.8) is 0 Å². The molecule has 9 rings (SSSR count). The lowest BCUT2D eigenvalue weighted by Crippen LogP contribution is -2.45. The molecule has 2 atom stereocenters. The summed E-state index contributed by atoms with van der Waals surface area (Å²) in [6, 6.07) is 37.6. The van der Waals surface area contributed by atoms with Crippen molar-refractivity contribution in [1.82, 2.24) is 9.80 Å². The second-order valence-electron chi connectivity index (χ2n) is 26.5. The van der Waals surface area contributed by atoms with Gasteiger partial charge in [0.25, 0.3) is 11.8 Å². The van der Waals surface area contributed by atoms with Gasteiger partial charge in [-0.15, -0.1) is 0 Å². The summed E-state index contributed by atoms with van der Waals surface area (Å²) in [5.74, 6) is 1.81. The SMILES string of the molecule is COc1ccc(C2=CN(C(=O)c3cc(OC)c(OCCCCCOc4cc(N(CC5c6ccccc6-c6ccccc65)C(=O)O)c(C(=O)N5C=C(c6ccc(OC)cc6)CC5CO[Si](C)(C)C(C)(C)C)cc4OC)cc3N)C(CO[Si](C)(C)C(C)(C)C)C2)cc1. The molecule has 2 aliphatic heterocycles. The van der Waals surface area contributed by atoms with E-state index >= 15 is 4.79 Å². The molecule has 0 saturated heterocycles. The van der Waals surface area contributed by atoms with Crippen molar-refractivity contribution in [2.45, 2.75) is 128 Å². The number of rotatable bonds is 25. The van der Waals surface area contributed by atoms with Crippen LogP contribution in [0.25, 0.3) is 22.3 Å². The molecule has 2 unspecified atom stereocenters. The van der Waals surface area contributed by atoms with Crippen LogP contribution in [0.3, 0.4) is 0 Å². The van der Waals surface area contributed by atoms with Crippen LogP contribution in [0.4, 0.5) is 16.2 Å². The fourth-order valence-corrected chi connectivity index (χ4v) is 13.4. The number of nitrogens with two attached hydrogens (primary N) is 1. The topological polar surface area (TPSA) is 181 Å². The number of benzene rings is 6. The molecule has 16 nitrogen and oxygen atoms in total. The lowest BCUT2D eigenvalue weighted by Gasteiger charge is -2.38. The predicted molar refractivity (Wildman–Crippen MR) is 362 cm³/mol. The summed E-state index contributed by atoms with van der Waals surface area (Å²) in [5, 5.41) is 11.3. The summed E-state index contributed by atoms with van der Waals surface area (Å²) in [5.41, 5.74) is 15.5. The number of anilines is 2. The molecule has 0 radical (unpaired) electrons. The molecule has 0 spiro atoms. The number of unbranched alkanes of at least 4 members (excludes halogenated alkanes) is 2. The summed E-state index contributed by atoms with van der Waals surface area (Å²) in [7, 11) is 1.86. The Morgan fingerprint density at radius 2 is 0.978 bits per heavy atom. The highest BCUT2D eigenvalue weighted by Crippen LogP contribution is 2.48. The Labute approximate surface area is 533 Å². The number of nitrogens with zero attached hydrogens (tertiary/aromatic N) is 3. The van der Waals surface area contributed by atoms with Gasteiger partial charge in [0.15, 0.2) is 39.6 Å². The fourth-order valence-electron chi connectivity index (χ4n) is 11.3. The first-order chi connectivity index (χ1) is 42.8. The van der Waals surface area contributed by atoms with Crippen molar-refractivity contribution >= 4 is 57.1 Å². The molecule has 0 bridgehead atoms. The van der Waals surface area contributed by atoms with Crippen LogP contribution >= 0.6 is 0 Å². The van der Waals surface area contributed by atoms with Crippen LogP contribution < -0.4 is 39.1 Å². The van der Waals surface area contributed by atoms with Crippen molar-refractivity contribution in [3.05, 3.63) is 167 Å². The Hall–Kier alpha value is -8.04. The molecule has 0 aromatic heterocycles. The van der Waals surface area contributed by atoms with Crippen LogP contribution in [0.1, 0.15) is 123 Å². The average molecular weight is 1260 g/mol. The number of carboxylic acid groups (broad SMARTS) is 1. The van der Waals surface area contributed by atoms with E-state index in [1.54, 1.807) is 48.3 Å². The molecule has 0 saturated carbocycles. The van der Waals surface area contributed by atoms with Crippen molar-refractivity contribution < 1.29 is 56.8 Å². The van der Waals surface area contributed by atoms with Crippen LogP contribution in [0, 0.1) is 0 Å². The van der Waals surface area contributed by atoms with Crippen LogP contribution in [-0.2, 0) is 8.85 Å². The minimum Gasteiger partial charge on any atom is -0.497 e. The zero-order valence-electron chi connectivity index (χ0n) is 54.9.